The van der Waals surface area contributed by atoms with Gasteiger partial charge < -0.3 is 15.6 Å². The quantitative estimate of drug-likeness (QED) is 0.354. The first-order chi connectivity index (χ1) is 15.6. The summed E-state index contributed by atoms with van der Waals surface area (Å²) >= 11 is 1.61. The fourth-order valence-electron chi connectivity index (χ4n) is 3.19. The molecule has 1 heterocycles. The lowest BCUT2D eigenvalue weighted by Crippen LogP contribution is -2.44. The number of hydrogen-bond acceptors (Lipinski definition) is 4. The van der Waals surface area contributed by atoms with Crippen LogP contribution in [0, 0.1) is 0 Å². The summed E-state index contributed by atoms with van der Waals surface area (Å²) in [5.74, 6) is 0.241. The first kappa shape index (κ1) is 21.6. The number of nitrogens with zero attached hydrogens (tertiary/aromatic N) is 1. The number of H-pyrrole nitrogens is 1. The fourth-order valence-corrected chi connectivity index (χ4v) is 4.03. The van der Waals surface area contributed by atoms with Gasteiger partial charge in [0.05, 0.1) is 11.0 Å². The molecule has 4 rings (SSSR count). The van der Waals surface area contributed by atoms with Gasteiger partial charge in [0.1, 0.15) is 6.04 Å². The molecule has 162 valence electrons. The number of carbonyl (C=O) groups is 2. The summed E-state index contributed by atoms with van der Waals surface area (Å²) in [6, 6.07) is 24.3. The molecule has 0 fully saturated rings. The summed E-state index contributed by atoms with van der Waals surface area (Å²) in [6.45, 7) is 2.11. The van der Waals surface area contributed by atoms with Gasteiger partial charge in [0.2, 0.25) is 5.91 Å². The highest BCUT2D eigenvalue weighted by molar-refractivity contribution is 7.98. The summed E-state index contributed by atoms with van der Waals surface area (Å²) in [5.41, 5.74) is 4.58. The minimum atomic E-state index is -0.630. The van der Waals surface area contributed by atoms with Crippen LogP contribution >= 0.6 is 11.8 Å². The maximum atomic E-state index is 12.5. The second-order valence-corrected chi connectivity index (χ2v) is 8.41. The average Bonchev–Trinajstić information content (AvgIpc) is 3.25. The van der Waals surface area contributed by atoms with E-state index in [2.05, 4.69) is 20.6 Å². The van der Waals surface area contributed by atoms with Crippen LogP contribution in [-0.4, -0.2) is 27.8 Å². The van der Waals surface area contributed by atoms with Crippen molar-refractivity contribution < 1.29 is 9.59 Å². The molecule has 2 amide bonds. The van der Waals surface area contributed by atoms with Crippen molar-refractivity contribution in [3.8, 4) is 0 Å². The Morgan fingerprint density at radius 2 is 1.66 bits per heavy atom. The Morgan fingerprint density at radius 3 is 2.41 bits per heavy atom. The van der Waals surface area contributed by atoms with Crippen LogP contribution in [-0.2, 0) is 17.1 Å². The smallest absolute Gasteiger partial charge is 0.251 e. The predicted octanol–water partition coefficient (Wildman–Crippen LogP) is 4.29. The lowest BCUT2D eigenvalue weighted by molar-refractivity contribution is -0.122. The number of carbonyl (C=O) groups excluding carboxylic acids is 2. The van der Waals surface area contributed by atoms with Gasteiger partial charge in [0.25, 0.3) is 5.91 Å². The Balaban J connectivity index is 1.27. The Labute approximate surface area is 190 Å². The van der Waals surface area contributed by atoms with Crippen molar-refractivity contribution in [2.45, 2.75) is 30.4 Å². The summed E-state index contributed by atoms with van der Waals surface area (Å²) in [6.07, 6.45) is 0. The number of amides is 2. The van der Waals surface area contributed by atoms with Crippen LogP contribution in [0.15, 0.2) is 84.0 Å². The van der Waals surface area contributed by atoms with Gasteiger partial charge in [-0.1, -0.05) is 66.4 Å². The van der Waals surface area contributed by atoms with Crippen molar-refractivity contribution in [3.63, 3.8) is 0 Å². The molecule has 0 bridgehead atoms. The molecule has 3 aromatic carbocycles. The van der Waals surface area contributed by atoms with Crippen LogP contribution in [0.4, 0.5) is 0 Å². The van der Waals surface area contributed by atoms with Gasteiger partial charge in [-0.25, -0.2) is 4.98 Å². The Kier molecular flexibility index (Phi) is 6.87. The molecule has 1 atom stereocenters. The van der Waals surface area contributed by atoms with E-state index in [0.717, 1.165) is 33.1 Å². The molecule has 32 heavy (non-hydrogen) atoms. The van der Waals surface area contributed by atoms with Gasteiger partial charge in [0.15, 0.2) is 5.16 Å². The average molecular weight is 445 g/mol. The second kappa shape index (κ2) is 10.2. The molecule has 3 N–H and O–H groups in total. The van der Waals surface area contributed by atoms with E-state index >= 15 is 0 Å². The van der Waals surface area contributed by atoms with Gasteiger partial charge in [-0.15, -0.1) is 0 Å². The monoisotopic (exact) mass is 444 g/mol. The predicted molar refractivity (Wildman–Crippen MR) is 127 cm³/mol. The van der Waals surface area contributed by atoms with E-state index in [1.165, 1.54) is 0 Å². The van der Waals surface area contributed by atoms with Crippen LogP contribution in [0.1, 0.15) is 28.4 Å². The molecule has 4 aromatic rings. The molecule has 6 nitrogen and oxygen atoms in total. The number of thioether (sulfide) groups is 1. The first-order valence-electron chi connectivity index (χ1n) is 10.4. The highest BCUT2D eigenvalue weighted by Gasteiger charge is 2.16. The van der Waals surface area contributed by atoms with Gasteiger partial charge >= 0.3 is 0 Å². The number of para-hydroxylation sites is 2. The largest absolute Gasteiger partial charge is 0.350 e. The van der Waals surface area contributed by atoms with Gasteiger partial charge in [-0.05, 0) is 42.3 Å². The van der Waals surface area contributed by atoms with Crippen molar-refractivity contribution in [1.29, 1.82) is 0 Å². The Hall–Kier alpha value is -3.58. The summed E-state index contributed by atoms with van der Waals surface area (Å²) in [7, 11) is 0. The van der Waals surface area contributed by atoms with E-state index in [9.17, 15) is 9.59 Å². The van der Waals surface area contributed by atoms with Gasteiger partial charge in [-0.2, -0.15) is 0 Å². The van der Waals surface area contributed by atoms with Gasteiger partial charge in [-0.3, -0.25) is 9.59 Å². The van der Waals surface area contributed by atoms with Crippen molar-refractivity contribution in [2.75, 3.05) is 0 Å². The van der Waals surface area contributed by atoms with E-state index in [4.69, 9.17) is 0 Å². The van der Waals surface area contributed by atoms with Crippen molar-refractivity contribution in [1.82, 2.24) is 20.6 Å². The molecular formula is C25H24N4O2S. The molecule has 0 aliphatic heterocycles. The standard InChI is InChI=1S/C25H24N4O2S/c1-17(23(30)26-15-18-7-3-2-4-8-18)27-24(31)20-13-11-19(12-14-20)16-32-25-28-21-9-5-6-10-22(21)29-25/h2-14,17H,15-16H2,1H3,(H,26,30)(H,27,31)(H,28,29). The zero-order valence-corrected chi connectivity index (χ0v) is 18.5. The number of aromatic nitrogens is 2. The van der Waals surface area contributed by atoms with Crippen LogP contribution in [0.25, 0.3) is 11.0 Å². The molecule has 0 aliphatic carbocycles. The normalized spacial score (nSPS) is 11.8. The van der Waals surface area contributed by atoms with Crippen LogP contribution < -0.4 is 10.6 Å². The van der Waals surface area contributed by atoms with E-state index in [1.54, 1.807) is 30.8 Å². The molecule has 7 heteroatoms. The molecule has 0 aliphatic rings. The number of aromatic amines is 1. The first-order valence-corrected chi connectivity index (χ1v) is 11.4. The van der Waals surface area contributed by atoms with Crippen molar-refractivity contribution >= 4 is 34.6 Å². The molecule has 1 unspecified atom stereocenters. The van der Waals surface area contributed by atoms with Crippen LogP contribution in [0.2, 0.25) is 0 Å². The topological polar surface area (TPSA) is 86.9 Å². The molecule has 1 aromatic heterocycles. The lowest BCUT2D eigenvalue weighted by atomic mass is 10.1. The third-order valence-corrected chi connectivity index (χ3v) is 5.95. The Morgan fingerprint density at radius 1 is 0.938 bits per heavy atom. The van der Waals surface area contributed by atoms with E-state index in [0.29, 0.717) is 12.1 Å². The Bertz CT molecular complexity index is 1170. The number of nitrogens with one attached hydrogen (secondary N) is 3. The zero-order chi connectivity index (χ0) is 22.3. The number of rotatable bonds is 8. The number of benzene rings is 3. The SMILES string of the molecule is CC(NC(=O)c1ccc(CSc2nc3ccccc3[nH]2)cc1)C(=O)NCc1ccccc1. The van der Waals surface area contributed by atoms with E-state index in [-0.39, 0.29) is 11.8 Å². The summed E-state index contributed by atoms with van der Waals surface area (Å²) < 4.78 is 0. The van der Waals surface area contributed by atoms with E-state index in [1.807, 2.05) is 66.7 Å². The third kappa shape index (κ3) is 5.56. The summed E-state index contributed by atoms with van der Waals surface area (Å²) in [4.78, 5) is 32.7. The van der Waals surface area contributed by atoms with E-state index < -0.39 is 6.04 Å². The molecule has 0 saturated heterocycles. The molecule has 0 radical (unpaired) electrons. The molecule has 0 spiro atoms. The number of hydrogen-bond donors (Lipinski definition) is 3. The second-order valence-electron chi connectivity index (χ2n) is 7.44. The molecular weight excluding hydrogens is 420 g/mol. The van der Waals surface area contributed by atoms with Crippen LogP contribution in [0.5, 0.6) is 0 Å². The van der Waals surface area contributed by atoms with Gasteiger partial charge in [0, 0.05) is 17.9 Å². The number of fused-ring (bicyclic) bond motifs is 1. The highest BCUT2D eigenvalue weighted by Crippen LogP contribution is 2.23. The maximum absolute atomic E-state index is 12.5. The third-order valence-electron chi connectivity index (χ3n) is 5.01. The lowest BCUT2D eigenvalue weighted by Gasteiger charge is -2.14. The minimum absolute atomic E-state index is 0.221. The maximum Gasteiger partial charge on any atom is 0.251 e. The zero-order valence-electron chi connectivity index (χ0n) is 17.7. The number of imidazole rings is 1. The molecule has 0 saturated carbocycles. The highest BCUT2D eigenvalue weighted by atomic mass is 32.2. The minimum Gasteiger partial charge on any atom is -0.350 e. The fraction of sp³-hybridized carbons (Fsp3) is 0.160. The van der Waals surface area contributed by atoms with Crippen LogP contribution in [0.3, 0.4) is 0 Å². The van der Waals surface area contributed by atoms with Crippen molar-refractivity contribution in [3.05, 3.63) is 95.6 Å². The van der Waals surface area contributed by atoms with Crippen molar-refractivity contribution in [2.24, 2.45) is 0 Å². The summed E-state index contributed by atoms with van der Waals surface area (Å²) in [5, 5.41) is 6.46.